The molecule has 1 amide bonds. The van der Waals surface area contributed by atoms with Gasteiger partial charge >= 0.3 is 5.91 Å². The van der Waals surface area contributed by atoms with Gasteiger partial charge in [0.2, 0.25) is 0 Å². The number of furan rings is 1. The van der Waals surface area contributed by atoms with E-state index in [1.54, 1.807) is 30.5 Å². The summed E-state index contributed by atoms with van der Waals surface area (Å²) >= 11 is 5.98. The highest BCUT2D eigenvalue weighted by atomic mass is 35.5. The Morgan fingerprint density at radius 1 is 1.07 bits per heavy atom. The van der Waals surface area contributed by atoms with Crippen molar-refractivity contribution in [2.24, 2.45) is 5.10 Å². The van der Waals surface area contributed by atoms with Crippen molar-refractivity contribution in [2.45, 2.75) is 27.7 Å². The summed E-state index contributed by atoms with van der Waals surface area (Å²) in [5, 5.41) is 5.49. The van der Waals surface area contributed by atoms with E-state index in [0.717, 1.165) is 28.0 Å². The number of rotatable bonds is 4. The molecule has 0 aliphatic carbocycles. The second kappa shape index (κ2) is 7.84. The highest BCUT2D eigenvalue weighted by Crippen LogP contribution is 2.24. The predicted octanol–water partition coefficient (Wildman–Crippen LogP) is 5.87. The molecule has 2 heterocycles. The van der Waals surface area contributed by atoms with E-state index in [0.29, 0.717) is 10.6 Å². The molecule has 0 atom stereocenters. The van der Waals surface area contributed by atoms with Crippen molar-refractivity contribution in [3.8, 4) is 5.69 Å². The van der Waals surface area contributed by atoms with Crippen LogP contribution in [0.15, 0.2) is 58.0 Å². The Balaban J connectivity index is 1.55. The minimum atomic E-state index is -0.415. The van der Waals surface area contributed by atoms with Gasteiger partial charge in [0.25, 0.3) is 0 Å². The molecule has 0 aliphatic heterocycles. The Morgan fingerprint density at radius 3 is 2.67 bits per heavy atom. The molecule has 0 aliphatic rings. The van der Waals surface area contributed by atoms with Crippen molar-refractivity contribution >= 4 is 34.7 Å². The molecule has 2 aromatic carbocycles. The minimum Gasteiger partial charge on any atom is -0.451 e. The van der Waals surface area contributed by atoms with Crippen molar-refractivity contribution in [1.29, 1.82) is 0 Å². The summed E-state index contributed by atoms with van der Waals surface area (Å²) in [5.74, 6) is -0.229. The van der Waals surface area contributed by atoms with Gasteiger partial charge < -0.3 is 8.98 Å². The molecular formula is C24H22ClN3O2. The summed E-state index contributed by atoms with van der Waals surface area (Å²) < 4.78 is 7.77. The van der Waals surface area contributed by atoms with Gasteiger partial charge in [0.05, 0.1) is 6.21 Å². The average Bonchev–Trinajstić information content (AvgIpc) is 3.24. The molecule has 4 rings (SSSR count). The first-order chi connectivity index (χ1) is 14.3. The van der Waals surface area contributed by atoms with Crippen molar-refractivity contribution in [1.82, 2.24) is 9.99 Å². The minimum absolute atomic E-state index is 0.185. The van der Waals surface area contributed by atoms with Crippen LogP contribution in [-0.4, -0.2) is 16.7 Å². The molecule has 0 spiro atoms. The third-order valence-corrected chi connectivity index (χ3v) is 5.38. The topological polar surface area (TPSA) is 59.5 Å². The standard InChI is InChI=1S/C24H22ClN3O2/c1-14-5-6-15(2)21(9-14)28-16(3)10-19(17(28)4)13-26-27-24(29)23-12-18-11-20(25)7-8-22(18)30-23/h5-13H,1-4H3,(H,27,29)/b26-13+. The van der Waals surface area contributed by atoms with Crippen molar-refractivity contribution in [3.05, 3.63) is 87.4 Å². The number of nitrogens with one attached hydrogen (secondary N) is 1. The van der Waals surface area contributed by atoms with E-state index in [1.165, 1.54) is 11.1 Å². The Kier molecular flexibility index (Phi) is 5.22. The molecule has 0 saturated heterocycles. The predicted molar refractivity (Wildman–Crippen MR) is 121 cm³/mol. The third-order valence-electron chi connectivity index (χ3n) is 5.15. The Bertz CT molecular complexity index is 1300. The fourth-order valence-electron chi connectivity index (χ4n) is 3.59. The molecule has 0 bridgehead atoms. The summed E-state index contributed by atoms with van der Waals surface area (Å²) in [4.78, 5) is 12.4. The first-order valence-corrected chi connectivity index (χ1v) is 10.0. The lowest BCUT2D eigenvalue weighted by molar-refractivity contribution is 0.0929. The molecule has 0 unspecified atom stereocenters. The summed E-state index contributed by atoms with van der Waals surface area (Å²) in [6.07, 6.45) is 1.65. The zero-order chi connectivity index (χ0) is 21.4. The van der Waals surface area contributed by atoms with E-state index >= 15 is 0 Å². The Labute approximate surface area is 180 Å². The number of halogens is 1. The normalized spacial score (nSPS) is 11.5. The number of carbonyl (C=O) groups is 1. The highest BCUT2D eigenvalue weighted by Gasteiger charge is 2.13. The number of benzene rings is 2. The lowest BCUT2D eigenvalue weighted by Crippen LogP contribution is -2.16. The van der Waals surface area contributed by atoms with Gasteiger partial charge in [-0.3, -0.25) is 4.79 Å². The fraction of sp³-hybridized carbons (Fsp3) is 0.167. The molecule has 2 aromatic heterocycles. The van der Waals surface area contributed by atoms with Crippen LogP contribution in [0.25, 0.3) is 16.7 Å². The quantitative estimate of drug-likeness (QED) is 0.332. The third kappa shape index (κ3) is 3.76. The number of nitrogens with zero attached hydrogens (tertiary/aromatic N) is 2. The van der Waals surface area contributed by atoms with Gasteiger partial charge in [0, 0.05) is 33.0 Å². The smallest absolute Gasteiger partial charge is 0.307 e. The second-order valence-corrected chi connectivity index (χ2v) is 7.88. The maximum absolute atomic E-state index is 12.4. The van der Waals surface area contributed by atoms with E-state index in [2.05, 4.69) is 60.1 Å². The van der Waals surface area contributed by atoms with Crippen LogP contribution in [0, 0.1) is 27.7 Å². The van der Waals surface area contributed by atoms with Gasteiger partial charge in [-0.05, 0) is 75.2 Å². The maximum atomic E-state index is 12.4. The summed E-state index contributed by atoms with van der Waals surface area (Å²) in [5.41, 5.74) is 9.78. The van der Waals surface area contributed by atoms with Crippen LogP contribution in [0.2, 0.25) is 5.02 Å². The molecule has 0 saturated carbocycles. The van der Waals surface area contributed by atoms with E-state index in [9.17, 15) is 4.79 Å². The highest BCUT2D eigenvalue weighted by molar-refractivity contribution is 6.31. The number of hydrazone groups is 1. The second-order valence-electron chi connectivity index (χ2n) is 7.44. The fourth-order valence-corrected chi connectivity index (χ4v) is 3.77. The number of aromatic nitrogens is 1. The first kappa shape index (κ1) is 20.0. The maximum Gasteiger partial charge on any atom is 0.307 e. The molecule has 152 valence electrons. The SMILES string of the molecule is Cc1ccc(C)c(-n2c(C)cc(/C=N/NC(=O)c3cc4cc(Cl)ccc4o3)c2C)c1. The van der Waals surface area contributed by atoms with Gasteiger partial charge in [0.1, 0.15) is 5.58 Å². The zero-order valence-corrected chi connectivity index (χ0v) is 18.0. The summed E-state index contributed by atoms with van der Waals surface area (Å²) in [6.45, 7) is 8.29. The van der Waals surface area contributed by atoms with E-state index in [4.69, 9.17) is 16.0 Å². The molecule has 6 heteroatoms. The van der Waals surface area contributed by atoms with Gasteiger partial charge in [-0.2, -0.15) is 5.10 Å². The largest absolute Gasteiger partial charge is 0.451 e. The van der Waals surface area contributed by atoms with E-state index in [1.807, 2.05) is 6.92 Å². The number of carbonyl (C=O) groups excluding carboxylic acids is 1. The number of amides is 1. The molecule has 0 fully saturated rings. The monoisotopic (exact) mass is 419 g/mol. The molecule has 1 N–H and O–H groups in total. The lowest BCUT2D eigenvalue weighted by atomic mass is 10.1. The summed E-state index contributed by atoms with van der Waals surface area (Å²) in [6, 6.07) is 15.3. The number of hydrogen-bond acceptors (Lipinski definition) is 3. The molecule has 0 radical (unpaired) electrons. The van der Waals surface area contributed by atoms with Gasteiger partial charge in [-0.25, -0.2) is 5.43 Å². The van der Waals surface area contributed by atoms with Crippen LogP contribution in [0.3, 0.4) is 0 Å². The molecular weight excluding hydrogens is 398 g/mol. The average molecular weight is 420 g/mol. The summed E-state index contributed by atoms with van der Waals surface area (Å²) in [7, 11) is 0. The van der Waals surface area contributed by atoms with E-state index in [-0.39, 0.29) is 5.76 Å². The van der Waals surface area contributed by atoms with Gasteiger partial charge in [-0.15, -0.1) is 0 Å². The van der Waals surface area contributed by atoms with Gasteiger partial charge in [-0.1, -0.05) is 23.7 Å². The van der Waals surface area contributed by atoms with Crippen molar-refractivity contribution < 1.29 is 9.21 Å². The molecule has 4 aromatic rings. The van der Waals surface area contributed by atoms with Crippen LogP contribution < -0.4 is 5.43 Å². The lowest BCUT2D eigenvalue weighted by Gasteiger charge is -2.13. The zero-order valence-electron chi connectivity index (χ0n) is 17.3. The van der Waals surface area contributed by atoms with Crippen LogP contribution in [-0.2, 0) is 0 Å². The first-order valence-electron chi connectivity index (χ1n) is 9.62. The van der Waals surface area contributed by atoms with Crippen molar-refractivity contribution in [3.63, 3.8) is 0 Å². The Morgan fingerprint density at radius 2 is 1.87 bits per heavy atom. The molecule has 30 heavy (non-hydrogen) atoms. The van der Waals surface area contributed by atoms with E-state index < -0.39 is 5.91 Å². The van der Waals surface area contributed by atoms with Crippen LogP contribution >= 0.6 is 11.6 Å². The Hall–Kier alpha value is -3.31. The van der Waals surface area contributed by atoms with Crippen molar-refractivity contribution in [2.75, 3.05) is 0 Å². The van der Waals surface area contributed by atoms with Crippen LogP contribution in [0.4, 0.5) is 0 Å². The number of aryl methyl sites for hydroxylation is 3. The van der Waals surface area contributed by atoms with Crippen LogP contribution in [0.1, 0.15) is 38.6 Å². The van der Waals surface area contributed by atoms with Gasteiger partial charge in [0.15, 0.2) is 5.76 Å². The molecule has 5 nitrogen and oxygen atoms in total. The number of fused-ring (bicyclic) bond motifs is 1. The van der Waals surface area contributed by atoms with Crippen LogP contribution in [0.5, 0.6) is 0 Å². The number of hydrogen-bond donors (Lipinski definition) is 1.